The van der Waals surface area contributed by atoms with Gasteiger partial charge in [0.15, 0.2) is 0 Å². The molecule has 2 aliphatic rings. The lowest BCUT2D eigenvalue weighted by atomic mass is 9.67. The van der Waals surface area contributed by atoms with Crippen LogP contribution in [0.2, 0.25) is 0 Å². The van der Waals surface area contributed by atoms with E-state index < -0.39 is 5.60 Å². The second-order valence-electron chi connectivity index (χ2n) is 7.93. The Morgan fingerprint density at radius 2 is 1.93 bits per heavy atom. The van der Waals surface area contributed by atoms with E-state index in [9.17, 15) is 5.11 Å². The fourth-order valence-electron chi connectivity index (χ4n) is 5.11. The molecule has 1 heterocycles. The summed E-state index contributed by atoms with van der Waals surface area (Å²) < 4.78 is 10.9. The molecule has 0 radical (unpaired) electrons. The highest BCUT2D eigenvalue weighted by Crippen LogP contribution is 2.50. The third kappa shape index (κ3) is 3.44. The number of likely N-dealkylation sites (tertiary alicyclic amines) is 1. The first kappa shape index (κ1) is 18.3. The van der Waals surface area contributed by atoms with E-state index in [0.717, 1.165) is 49.5 Å². The molecule has 2 aromatic carbocycles. The third-order valence-electron chi connectivity index (χ3n) is 6.38. The molecule has 4 heteroatoms. The fraction of sp³-hybridized carbons (Fsp3) is 0.478. The summed E-state index contributed by atoms with van der Waals surface area (Å²) in [6.45, 7) is 2.85. The van der Waals surface area contributed by atoms with Gasteiger partial charge in [-0.25, -0.2) is 0 Å². The molecular formula is C23H29NO3. The first-order valence-corrected chi connectivity index (χ1v) is 9.85. The van der Waals surface area contributed by atoms with Crippen LogP contribution in [0.25, 0.3) is 0 Å². The van der Waals surface area contributed by atoms with Crippen molar-refractivity contribution in [1.82, 2.24) is 4.90 Å². The van der Waals surface area contributed by atoms with Crippen molar-refractivity contribution in [3.05, 3.63) is 59.7 Å². The number of hydrogen-bond acceptors (Lipinski definition) is 4. The molecule has 144 valence electrons. The quantitative estimate of drug-likeness (QED) is 0.872. The van der Waals surface area contributed by atoms with Crippen molar-refractivity contribution in [2.24, 2.45) is 11.8 Å². The molecule has 0 bridgehead atoms. The van der Waals surface area contributed by atoms with Crippen molar-refractivity contribution in [3.63, 3.8) is 0 Å². The van der Waals surface area contributed by atoms with E-state index in [1.807, 2.05) is 36.4 Å². The molecule has 3 unspecified atom stereocenters. The smallest absolute Gasteiger partial charge is 0.124 e. The maximum Gasteiger partial charge on any atom is 0.124 e. The minimum atomic E-state index is -0.807. The van der Waals surface area contributed by atoms with Gasteiger partial charge in [0, 0.05) is 31.1 Å². The van der Waals surface area contributed by atoms with Crippen molar-refractivity contribution in [2.45, 2.75) is 31.4 Å². The minimum Gasteiger partial charge on any atom is -0.497 e. The summed E-state index contributed by atoms with van der Waals surface area (Å²) in [7, 11) is 3.39. The van der Waals surface area contributed by atoms with E-state index >= 15 is 0 Å². The van der Waals surface area contributed by atoms with E-state index in [1.165, 1.54) is 12.0 Å². The maximum atomic E-state index is 11.8. The topological polar surface area (TPSA) is 41.9 Å². The Morgan fingerprint density at radius 1 is 1.07 bits per heavy atom. The Labute approximate surface area is 161 Å². The van der Waals surface area contributed by atoms with Crippen LogP contribution in [0.1, 0.15) is 30.4 Å². The van der Waals surface area contributed by atoms with Gasteiger partial charge in [0.25, 0.3) is 0 Å². The second-order valence-corrected chi connectivity index (χ2v) is 7.93. The molecule has 1 aliphatic carbocycles. The highest BCUT2D eigenvalue weighted by atomic mass is 16.5. The number of hydrogen-bond donors (Lipinski definition) is 1. The predicted molar refractivity (Wildman–Crippen MR) is 106 cm³/mol. The predicted octanol–water partition coefficient (Wildman–Crippen LogP) is 3.82. The highest BCUT2D eigenvalue weighted by molar-refractivity contribution is 5.39. The zero-order valence-electron chi connectivity index (χ0n) is 16.2. The van der Waals surface area contributed by atoms with Crippen LogP contribution in [0, 0.1) is 11.8 Å². The van der Waals surface area contributed by atoms with Gasteiger partial charge in [-0.1, -0.05) is 30.3 Å². The summed E-state index contributed by atoms with van der Waals surface area (Å²) in [4.78, 5) is 2.48. The summed E-state index contributed by atoms with van der Waals surface area (Å²) in [5.41, 5.74) is 1.40. The van der Waals surface area contributed by atoms with Crippen LogP contribution in [0.4, 0.5) is 0 Å². The van der Waals surface area contributed by atoms with Crippen molar-refractivity contribution in [1.29, 1.82) is 0 Å². The van der Waals surface area contributed by atoms with Crippen LogP contribution < -0.4 is 9.47 Å². The SMILES string of the molecule is COc1cccc(CN2CC3CCCC(O)(c4ccccc4OC)C3C2)c1. The zero-order chi connectivity index (χ0) is 18.9. The number of aliphatic hydroxyl groups is 1. The van der Waals surface area contributed by atoms with E-state index in [1.54, 1.807) is 14.2 Å². The Kier molecular flexibility index (Phi) is 5.11. The van der Waals surface area contributed by atoms with Gasteiger partial charge < -0.3 is 14.6 Å². The van der Waals surface area contributed by atoms with Crippen LogP contribution in [-0.4, -0.2) is 37.3 Å². The maximum absolute atomic E-state index is 11.8. The van der Waals surface area contributed by atoms with Crippen molar-refractivity contribution in [3.8, 4) is 11.5 Å². The normalized spacial score (nSPS) is 28.0. The average Bonchev–Trinajstić information content (AvgIpc) is 3.12. The molecule has 1 N–H and O–H groups in total. The van der Waals surface area contributed by atoms with Crippen molar-refractivity contribution < 1.29 is 14.6 Å². The lowest BCUT2D eigenvalue weighted by Crippen LogP contribution is -2.43. The van der Waals surface area contributed by atoms with Gasteiger partial charge in [-0.2, -0.15) is 0 Å². The van der Waals surface area contributed by atoms with Crippen LogP contribution in [0.5, 0.6) is 11.5 Å². The molecule has 27 heavy (non-hydrogen) atoms. The summed E-state index contributed by atoms with van der Waals surface area (Å²) in [6.07, 6.45) is 3.06. The third-order valence-corrected chi connectivity index (χ3v) is 6.38. The van der Waals surface area contributed by atoms with Gasteiger partial charge in [-0.15, -0.1) is 0 Å². The van der Waals surface area contributed by atoms with E-state index in [-0.39, 0.29) is 5.92 Å². The van der Waals surface area contributed by atoms with Gasteiger partial charge in [-0.3, -0.25) is 4.90 Å². The number of nitrogens with zero attached hydrogens (tertiary/aromatic N) is 1. The minimum absolute atomic E-state index is 0.244. The van der Waals surface area contributed by atoms with Gasteiger partial charge in [0.2, 0.25) is 0 Å². The molecule has 0 aromatic heterocycles. The average molecular weight is 367 g/mol. The van der Waals surface area contributed by atoms with Crippen LogP contribution in [0.15, 0.2) is 48.5 Å². The second kappa shape index (κ2) is 7.53. The van der Waals surface area contributed by atoms with Crippen LogP contribution in [-0.2, 0) is 12.1 Å². The van der Waals surface area contributed by atoms with Gasteiger partial charge in [0.1, 0.15) is 11.5 Å². The molecule has 4 nitrogen and oxygen atoms in total. The van der Waals surface area contributed by atoms with Gasteiger partial charge >= 0.3 is 0 Å². The first-order chi connectivity index (χ1) is 13.1. The molecule has 0 amide bonds. The van der Waals surface area contributed by atoms with E-state index in [2.05, 4.69) is 17.0 Å². The largest absolute Gasteiger partial charge is 0.497 e. The molecule has 0 spiro atoms. The molecule has 3 atom stereocenters. The Bertz CT molecular complexity index is 793. The molecule has 2 fully saturated rings. The van der Waals surface area contributed by atoms with Gasteiger partial charge in [0.05, 0.1) is 19.8 Å². The Morgan fingerprint density at radius 3 is 2.74 bits per heavy atom. The Hall–Kier alpha value is -2.04. The lowest BCUT2D eigenvalue weighted by molar-refractivity contribution is -0.0662. The lowest BCUT2D eigenvalue weighted by Gasteiger charge is -2.42. The Balaban J connectivity index is 1.56. The number of ether oxygens (including phenoxy) is 2. The van der Waals surface area contributed by atoms with Gasteiger partial charge in [-0.05, 0) is 48.9 Å². The standard InChI is InChI=1S/C23H29NO3/c1-26-19-9-5-7-17(13-19)14-24-15-18-8-6-12-23(25,21(18)16-24)20-10-3-4-11-22(20)27-2/h3-5,7,9-11,13,18,21,25H,6,8,12,14-16H2,1-2H3. The molecule has 1 aliphatic heterocycles. The number of rotatable bonds is 5. The summed E-state index contributed by atoms with van der Waals surface area (Å²) >= 11 is 0. The van der Waals surface area contributed by atoms with Crippen molar-refractivity contribution >= 4 is 0 Å². The zero-order valence-corrected chi connectivity index (χ0v) is 16.2. The summed E-state index contributed by atoms with van der Waals surface area (Å²) in [6, 6.07) is 16.2. The molecular weight excluding hydrogens is 338 g/mol. The fourth-order valence-corrected chi connectivity index (χ4v) is 5.11. The summed E-state index contributed by atoms with van der Waals surface area (Å²) in [5, 5.41) is 11.8. The number of methoxy groups -OCH3 is 2. The van der Waals surface area contributed by atoms with E-state index in [4.69, 9.17) is 9.47 Å². The molecule has 2 aromatic rings. The number of benzene rings is 2. The number of para-hydroxylation sites is 1. The molecule has 4 rings (SSSR count). The summed E-state index contributed by atoms with van der Waals surface area (Å²) in [5.74, 6) is 2.47. The molecule has 1 saturated carbocycles. The van der Waals surface area contributed by atoms with Crippen LogP contribution in [0.3, 0.4) is 0 Å². The van der Waals surface area contributed by atoms with E-state index in [0.29, 0.717) is 5.92 Å². The monoisotopic (exact) mass is 367 g/mol. The van der Waals surface area contributed by atoms with Crippen LogP contribution >= 0.6 is 0 Å². The number of fused-ring (bicyclic) bond motifs is 1. The molecule has 1 saturated heterocycles. The van der Waals surface area contributed by atoms with Crippen molar-refractivity contribution in [2.75, 3.05) is 27.3 Å². The highest BCUT2D eigenvalue weighted by Gasteiger charge is 2.50. The first-order valence-electron chi connectivity index (χ1n) is 9.85.